The first-order valence-electron chi connectivity index (χ1n) is 3.41. The molecular weight excluding hydrogens is 166 g/mol. The van der Waals surface area contributed by atoms with Gasteiger partial charge in [0.15, 0.2) is 11.6 Å². The Hall–Kier alpha value is -1.04. The van der Waals surface area contributed by atoms with Gasteiger partial charge < -0.3 is 5.73 Å². The third-order valence-corrected chi connectivity index (χ3v) is 1.29. The van der Waals surface area contributed by atoms with Gasteiger partial charge in [0.05, 0.1) is 5.54 Å². The highest BCUT2D eigenvalue weighted by atomic mass is 19.3. The van der Waals surface area contributed by atoms with E-state index < -0.39 is 17.8 Å². The molecule has 0 spiro atoms. The summed E-state index contributed by atoms with van der Waals surface area (Å²) in [6.07, 6.45) is -2.63. The Bertz CT molecular complexity index is 263. The summed E-state index contributed by atoms with van der Waals surface area (Å²) in [6, 6.07) is 0. The number of nitrogens with two attached hydrogens (primary N) is 1. The molecule has 0 amide bonds. The molecule has 3 N–H and O–H groups in total. The third kappa shape index (κ3) is 1.76. The number of rotatable bonds is 2. The molecule has 0 fully saturated rings. The molecule has 0 atom stereocenters. The number of aromatic nitrogens is 3. The van der Waals surface area contributed by atoms with Crippen LogP contribution in [0.15, 0.2) is 0 Å². The van der Waals surface area contributed by atoms with Gasteiger partial charge in [-0.25, -0.2) is 13.8 Å². The Labute approximate surface area is 68.2 Å². The fourth-order valence-electron chi connectivity index (χ4n) is 0.660. The van der Waals surface area contributed by atoms with Crippen molar-refractivity contribution in [2.45, 2.75) is 25.8 Å². The molecular formula is C6H10F2N4. The minimum Gasteiger partial charge on any atom is -0.319 e. The molecule has 0 aliphatic heterocycles. The van der Waals surface area contributed by atoms with Gasteiger partial charge >= 0.3 is 0 Å². The second-order valence-electron chi connectivity index (χ2n) is 3.07. The molecule has 1 rings (SSSR count). The van der Waals surface area contributed by atoms with E-state index in [0.29, 0.717) is 0 Å². The fourth-order valence-corrected chi connectivity index (χ4v) is 0.660. The molecule has 0 unspecified atom stereocenters. The molecule has 1 aromatic heterocycles. The van der Waals surface area contributed by atoms with Crippen LogP contribution >= 0.6 is 0 Å². The fraction of sp³-hybridized carbons (Fsp3) is 0.667. The maximum absolute atomic E-state index is 12.0. The van der Waals surface area contributed by atoms with Gasteiger partial charge in [0.1, 0.15) is 0 Å². The van der Waals surface area contributed by atoms with Crippen molar-refractivity contribution in [3.63, 3.8) is 0 Å². The van der Waals surface area contributed by atoms with Gasteiger partial charge in [0, 0.05) is 0 Å². The summed E-state index contributed by atoms with van der Waals surface area (Å²) in [7, 11) is 0. The minimum absolute atomic E-state index is 0.192. The van der Waals surface area contributed by atoms with Gasteiger partial charge in [-0.15, -0.1) is 0 Å². The number of halogens is 2. The number of hydrogen-bond donors (Lipinski definition) is 2. The standard InChI is InChI=1S/C6H10F2N4/c1-6(2,9)5-10-4(3(7)8)11-12-5/h3H,9H2,1-2H3,(H,10,11,12). The Balaban J connectivity index is 2.92. The first-order valence-corrected chi connectivity index (χ1v) is 3.41. The molecule has 12 heavy (non-hydrogen) atoms. The molecule has 6 heteroatoms. The van der Waals surface area contributed by atoms with E-state index in [9.17, 15) is 8.78 Å². The summed E-state index contributed by atoms with van der Waals surface area (Å²) in [4.78, 5) is 3.54. The van der Waals surface area contributed by atoms with Crippen molar-refractivity contribution in [1.29, 1.82) is 0 Å². The smallest absolute Gasteiger partial charge is 0.296 e. The van der Waals surface area contributed by atoms with Crippen LogP contribution in [0, 0.1) is 0 Å². The Morgan fingerprint density at radius 3 is 2.33 bits per heavy atom. The molecule has 0 aliphatic rings. The minimum atomic E-state index is -2.63. The van der Waals surface area contributed by atoms with Crippen LogP contribution in [0.3, 0.4) is 0 Å². The van der Waals surface area contributed by atoms with Crippen molar-refractivity contribution in [2.24, 2.45) is 5.73 Å². The van der Waals surface area contributed by atoms with Crippen LogP contribution < -0.4 is 5.73 Å². The molecule has 1 aromatic rings. The number of H-pyrrole nitrogens is 1. The summed E-state index contributed by atoms with van der Waals surface area (Å²) in [6.45, 7) is 3.29. The van der Waals surface area contributed by atoms with E-state index in [1.807, 2.05) is 0 Å². The molecule has 0 aromatic carbocycles. The van der Waals surface area contributed by atoms with Crippen LogP contribution in [0.4, 0.5) is 8.78 Å². The normalized spacial score (nSPS) is 12.5. The SMILES string of the molecule is CC(C)(N)c1n[nH]c(C(F)F)n1. The number of nitrogens with one attached hydrogen (secondary N) is 1. The lowest BCUT2D eigenvalue weighted by Crippen LogP contribution is -2.30. The van der Waals surface area contributed by atoms with Gasteiger partial charge in [-0.05, 0) is 13.8 Å². The lowest BCUT2D eigenvalue weighted by atomic mass is 10.1. The zero-order chi connectivity index (χ0) is 9.35. The molecule has 0 aliphatic carbocycles. The van der Waals surface area contributed by atoms with E-state index in [1.54, 1.807) is 13.8 Å². The predicted molar refractivity (Wildman–Crippen MR) is 38.6 cm³/mol. The largest absolute Gasteiger partial charge is 0.319 e. The van der Waals surface area contributed by atoms with Crippen molar-refractivity contribution >= 4 is 0 Å². The highest BCUT2D eigenvalue weighted by Gasteiger charge is 2.22. The number of alkyl halides is 2. The van der Waals surface area contributed by atoms with Crippen molar-refractivity contribution in [1.82, 2.24) is 15.2 Å². The zero-order valence-corrected chi connectivity index (χ0v) is 6.81. The van der Waals surface area contributed by atoms with Gasteiger partial charge in [-0.1, -0.05) is 0 Å². The number of nitrogens with zero attached hydrogens (tertiary/aromatic N) is 2. The van der Waals surface area contributed by atoms with E-state index >= 15 is 0 Å². The highest BCUT2D eigenvalue weighted by molar-refractivity contribution is 5.01. The Morgan fingerprint density at radius 1 is 1.50 bits per heavy atom. The van der Waals surface area contributed by atoms with Crippen molar-refractivity contribution in [3.8, 4) is 0 Å². The monoisotopic (exact) mass is 176 g/mol. The lowest BCUT2D eigenvalue weighted by Gasteiger charge is -2.12. The second kappa shape index (κ2) is 2.78. The van der Waals surface area contributed by atoms with Crippen LogP contribution in [0.2, 0.25) is 0 Å². The highest BCUT2D eigenvalue weighted by Crippen LogP contribution is 2.17. The van der Waals surface area contributed by atoms with Crippen LogP contribution in [0.1, 0.15) is 31.9 Å². The summed E-state index contributed by atoms with van der Waals surface area (Å²) in [5, 5.41) is 5.69. The van der Waals surface area contributed by atoms with Gasteiger partial charge in [-0.3, -0.25) is 5.10 Å². The number of hydrogen-bond acceptors (Lipinski definition) is 3. The van der Waals surface area contributed by atoms with E-state index in [0.717, 1.165) is 0 Å². The van der Waals surface area contributed by atoms with E-state index in [4.69, 9.17) is 5.73 Å². The summed E-state index contributed by atoms with van der Waals surface area (Å²) in [5.74, 6) is -0.249. The summed E-state index contributed by atoms with van der Waals surface area (Å²) >= 11 is 0. The predicted octanol–water partition coefficient (Wildman–Crippen LogP) is 0.936. The molecule has 0 saturated heterocycles. The first kappa shape index (κ1) is 9.05. The molecule has 4 nitrogen and oxygen atoms in total. The maximum Gasteiger partial charge on any atom is 0.296 e. The van der Waals surface area contributed by atoms with Crippen molar-refractivity contribution in [3.05, 3.63) is 11.6 Å². The summed E-state index contributed by atoms with van der Waals surface area (Å²) in [5.41, 5.74) is 4.79. The molecule has 0 saturated carbocycles. The average molecular weight is 176 g/mol. The van der Waals surface area contributed by atoms with Crippen LogP contribution in [0.25, 0.3) is 0 Å². The lowest BCUT2D eigenvalue weighted by molar-refractivity contribution is 0.140. The molecule has 0 radical (unpaired) electrons. The molecule has 68 valence electrons. The van der Waals surface area contributed by atoms with Gasteiger partial charge in [0.2, 0.25) is 0 Å². The van der Waals surface area contributed by atoms with Crippen molar-refractivity contribution < 1.29 is 8.78 Å². The topological polar surface area (TPSA) is 67.6 Å². The van der Waals surface area contributed by atoms with E-state index in [1.165, 1.54) is 0 Å². The van der Waals surface area contributed by atoms with Crippen LogP contribution in [-0.2, 0) is 5.54 Å². The van der Waals surface area contributed by atoms with Crippen LogP contribution in [0.5, 0.6) is 0 Å². The first-order chi connectivity index (χ1) is 5.41. The maximum atomic E-state index is 12.0. The molecule has 0 bridgehead atoms. The summed E-state index contributed by atoms with van der Waals surface area (Å²) < 4.78 is 24.0. The second-order valence-corrected chi connectivity index (χ2v) is 3.07. The number of aromatic amines is 1. The van der Waals surface area contributed by atoms with Gasteiger partial charge in [-0.2, -0.15) is 5.10 Å². The van der Waals surface area contributed by atoms with Gasteiger partial charge in [0.25, 0.3) is 6.43 Å². The Morgan fingerprint density at radius 2 is 2.08 bits per heavy atom. The quantitative estimate of drug-likeness (QED) is 0.704. The van der Waals surface area contributed by atoms with Crippen molar-refractivity contribution in [2.75, 3.05) is 0 Å². The van der Waals surface area contributed by atoms with Crippen LogP contribution in [-0.4, -0.2) is 15.2 Å². The molecule has 1 heterocycles. The van der Waals surface area contributed by atoms with E-state index in [-0.39, 0.29) is 5.82 Å². The van der Waals surface area contributed by atoms with E-state index in [2.05, 4.69) is 15.2 Å². The average Bonchev–Trinajstić information content (AvgIpc) is 2.30. The third-order valence-electron chi connectivity index (χ3n) is 1.29. The zero-order valence-electron chi connectivity index (χ0n) is 6.81. The Kier molecular flexibility index (Phi) is 2.10.